The van der Waals surface area contributed by atoms with E-state index in [0.717, 1.165) is 23.0 Å². The zero-order valence-electron chi connectivity index (χ0n) is 10.7. The van der Waals surface area contributed by atoms with E-state index in [2.05, 4.69) is 50.4 Å². The SMILES string of the molecule is CCc1cccc(NC2=NC(C(C)C)CS2)c1. The number of nitrogens with one attached hydrogen (secondary N) is 1. The van der Waals surface area contributed by atoms with Crippen molar-refractivity contribution in [2.45, 2.75) is 33.2 Å². The van der Waals surface area contributed by atoms with Gasteiger partial charge in [-0.15, -0.1) is 0 Å². The monoisotopic (exact) mass is 248 g/mol. The van der Waals surface area contributed by atoms with Crippen molar-refractivity contribution in [1.82, 2.24) is 0 Å². The summed E-state index contributed by atoms with van der Waals surface area (Å²) in [4.78, 5) is 4.71. The molecule has 1 aliphatic heterocycles. The van der Waals surface area contributed by atoms with Crippen LogP contribution in [0.2, 0.25) is 0 Å². The Balaban J connectivity index is 2.04. The predicted molar refractivity (Wildman–Crippen MR) is 78.0 cm³/mol. The second-order valence-corrected chi connectivity index (χ2v) is 5.74. The van der Waals surface area contributed by atoms with E-state index in [1.54, 1.807) is 0 Å². The molecule has 1 aliphatic rings. The lowest BCUT2D eigenvalue weighted by Crippen LogP contribution is -2.12. The zero-order chi connectivity index (χ0) is 12.3. The molecule has 1 heterocycles. The van der Waals surface area contributed by atoms with Crippen LogP contribution in [-0.4, -0.2) is 17.0 Å². The van der Waals surface area contributed by atoms with Gasteiger partial charge in [0.25, 0.3) is 0 Å². The molecule has 1 atom stereocenters. The van der Waals surface area contributed by atoms with Crippen LogP contribution >= 0.6 is 11.8 Å². The lowest BCUT2D eigenvalue weighted by Gasteiger charge is -2.08. The van der Waals surface area contributed by atoms with E-state index < -0.39 is 0 Å². The molecular formula is C14H20N2S. The minimum atomic E-state index is 0.469. The van der Waals surface area contributed by atoms with Crippen molar-refractivity contribution < 1.29 is 0 Å². The highest BCUT2D eigenvalue weighted by molar-refractivity contribution is 8.14. The highest BCUT2D eigenvalue weighted by Crippen LogP contribution is 2.24. The van der Waals surface area contributed by atoms with E-state index in [-0.39, 0.29) is 0 Å². The van der Waals surface area contributed by atoms with Gasteiger partial charge in [-0.25, -0.2) is 0 Å². The number of anilines is 1. The molecule has 92 valence electrons. The summed E-state index contributed by atoms with van der Waals surface area (Å²) in [5.74, 6) is 1.73. The minimum absolute atomic E-state index is 0.469. The summed E-state index contributed by atoms with van der Waals surface area (Å²) in [6, 6.07) is 9.03. The molecule has 0 radical (unpaired) electrons. The normalized spacial score (nSPS) is 19.5. The van der Waals surface area contributed by atoms with Gasteiger partial charge < -0.3 is 5.32 Å². The van der Waals surface area contributed by atoms with Crippen LogP contribution in [0.3, 0.4) is 0 Å². The summed E-state index contributed by atoms with van der Waals surface area (Å²) in [5, 5.41) is 4.48. The topological polar surface area (TPSA) is 24.4 Å². The molecular weight excluding hydrogens is 228 g/mol. The summed E-state index contributed by atoms with van der Waals surface area (Å²) in [7, 11) is 0. The molecule has 3 heteroatoms. The molecule has 0 spiro atoms. The molecule has 1 aromatic carbocycles. The third-order valence-electron chi connectivity index (χ3n) is 3.03. The van der Waals surface area contributed by atoms with E-state index >= 15 is 0 Å². The molecule has 2 rings (SSSR count). The highest BCUT2D eigenvalue weighted by Gasteiger charge is 2.20. The Bertz CT molecular complexity index is 412. The van der Waals surface area contributed by atoms with Crippen molar-refractivity contribution in [3.63, 3.8) is 0 Å². The maximum Gasteiger partial charge on any atom is 0.161 e. The standard InChI is InChI=1S/C14H20N2S/c1-4-11-6-5-7-12(8-11)15-14-16-13(9-17-14)10(2)3/h5-8,10,13H,4,9H2,1-3H3,(H,15,16). The molecule has 0 aromatic heterocycles. The van der Waals surface area contributed by atoms with E-state index in [4.69, 9.17) is 4.99 Å². The summed E-state index contributed by atoms with van der Waals surface area (Å²) in [6.07, 6.45) is 1.07. The Labute approximate surface area is 108 Å². The van der Waals surface area contributed by atoms with Gasteiger partial charge in [-0.1, -0.05) is 44.7 Å². The molecule has 0 saturated carbocycles. The van der Waals surface area contributed by atoms with Crippen molar-refractivity contribution in [2.24, 2.45) is 10.9 Å². The van der Waals surface area contributed by atoms with Crippen molar-refractivity contribution >= 4 is 22.6 Å². The molecule has 1 unspecified atom stereocenters. The fourth-order valence-electron chi connectivity index (χ4n) is 1.79. The van der Waals surface area contributed by atoms with Crippen molar-refractivity contribution in [1.29, 1.82) is 0 Å². The average molecular weight is 248 g/mol. The second-order valence-electron chi connectivity index (χ2n) is 4.74. The van der Waals surface area contributed by atoms with Gasteiger partial charge in [0.1, 0.15) is 0 Å². The smallest absolute Gasteiger partial charge is 0.161 e. The molecule has 1 aromatic rings. The lowest BCUT2D eigenvalue weighted by molar-refractivity contribution is 0.543. The minimum Gasteiger partial charge on any atom is -0.335 e. The van der Waals surface area contributed by atoms with Crippen LogP contribution in [0, 0.1) is 5.92 Å². The van der Waals surface area contributed by atoms with E-state index in [9.17, 15) is 0 Å². The second kappa shape index (κ2) is 5.58. The summed E-state index contributed by atoms with van der Waals surface area (Å²) >= 11 is 1.83. The van der Waals surface area contributed by atoms with Gasteiger partial charge in [0.05, 0.1) is 6.04 Å². The van der Waals surface area contributed by atoms with Crippen LogP contribution in [-0.2, 0) is 6.42 Å². The summed E-state index contributed by atoms with van der Waals surface area (Å²) in [6.45, 7) is 6.64. The Morgan fingerprint density at radius 3 is 2.94 bits per heavy atom. The van der Waals surface area contributed by atoms with Gasteiger partial charge >= 0.3 is 0 Å². The van der Waals surface area contributed by atoms with Crippen LogP contribution in [0.1, 0.15) is 26.3 Å². The zero-order valence-corrected chi connectivity index (χ0v) is 11.6. The maximum atomic E-state index is 4.71. The van der Waals surface area contributed by atoms with Gasteiger partial charge in [-0.2, -0.15) is 0 Å². The van der Waals surface area contributed by atoms with E-state index in [1.807, 2.05) is 11.8 Å². The molecule has 0 aliphatic carbocycles. The van der Waals surface area contributed by atoms with Crippen LogP contribution in [0.4, 0.5) is 5.69 Å². The first kappa shape index (κ1) is 12.5. The number of aliphatic imine (C=N–C) groups is 1. The van der Waals surface area contributed by atoms with E-state index in [1.165, 1.54) is 5.56 Å². The first-order chi connectivity index (χ1) is 8.19. The molecule has 0 saturated heterocycles. The van der Waals surface area contributed by atoms with Crippen LogP contribution < -0.4 is 5.32 Å². The average Bonchev–Trinajstić information content (AvgIpc) is 2.78. The largest absolute Gasteiger partial charge is 0.335 e. The summed E-state index contributed by atoms with van der Waals surface area (Å²) in [5.41, 5.74) is 2.51. The van der Waals surface area contributed by atoms with Gasteiger partial charge in [0.2, 0.25) is 0 Å². The number of aryl methyl sites for hydroxylation is 1. The molecule has 0 bridgehead atoms. The fraction of sp³-hybridized carbons (Fsp3) is 0.500. The summed E-state index contributed by atoms with van der Waals surface area (Å²) < 4.78 is 0. The third-order valence-corrected chi connectivity index (χ3v) is 4.02. The first-order valence-electron chi connectivity index (χ1n) is 6.25. The Hall–Kier alpha value is -0.960. The lowest BCUT2D eigenvalue weighted by atomic mass is 10.1. The van der Waals surface area contributed by atoms with Gasteiger partial charge in [0, 0.05) is 11.4 Å². The van der Waals surface area contributed by atoms with Gasteiger partial charge in [0.15, 0.2) is 5.17 Å². The number of thioether (sulfide) groups is 1. The highest BCUT2D eigenvalue weighted by atomic mass is 32.2. The number of benzene rings is 1. The quantitative estimate of drug-likeness (QED) is 0.880. The third kappa shape index (κ3) is 3.25. The van der Waals surface area contributed by atoms with E-state index in [0.29, 0.717) is 12.0 Å². The van der Waals surface area contributed by atoms with Crippen molar-refractivity contribution in [2.75, 3.05) is 11.1 Å². The molecule has 0 fully saturated rings. The predicted octanol–water partition coefficient (Wildman–Crippen LogP) is 3.79. The number of rotatable bonds is 3. The Morgan fingerprint density at radius 1 is 1.47 bits per heavy atom. The van der Waals surface area contributed by atoms with Crippen molar-refractivity contribution in [3.8, 4) is 0 Å². The van der Waals surface area contributed by atoms with Crippen LogP contribution in [0.5, 0.6) is 0 Å². The van der Waals surface area contributed by atoms with Crippen LogP contribution in [0.15, 0.2) is 29.3 Å². The number of amidine groups is 1. The molecule has 2 nitrogen and oxygen atoms in total. The number of nitrogens with zero attached hydrogens (tertiary/aromatic N) is 1. The first-order valence-corrected chi connectivity index (χ1v) is 7.24. The van der Waals surface area contributed by atoms with Crippen LogP contribution in [0.25, 0.3) is 0 Å². The molecule has 0 amide bonds. The number of hydrogen-bond acceptors (Lipinski definition) is 3. The maximum absolute atomic E-state index is 4.71. The van der Waals surface area contributed by atoms with Gasteiger partial charge in [-0.05, 0) is 30.0 Å². The number of hydrogen-bond donors (Lipinski definition) is 1. The molecule has 17 heavy (non-hydrogen) atoms. The Kier molecular flexibility index (Phi) is 4.11. The fourth-order valence-corrected chi connectivity index (χ4v) is 2.98. The molecule has 1 N–H and O–H groups in total. The van der Waals surface area contributed by atoms with Gasteiger partial charge in [-0.3, -0.25) is 4.99 Å². The Morgan fingerprint density at radius 2 is 2.29 bits per heavy atom. The van der Waals surface area contributed by atoms with Crippen molar-refractivity contribution in [3.05, 3.63) is 29.8 Å².